The normalized spacial score (nSPS) is 22.6. The molecule has 108 valence electrons. The zero-order valence-corrected chi connectivity index (χ0v) is 12.9. The minimum absolute atomic E-state index is 0.0452. The van der Waals surface area contributed by atoms with Crippen LogP contribution in [-0.4, -0.2) is 37.0 Å². The molecule has 0 aromatic heterocycles. The zero-order valence-electron chi connectivity index (χ0n) is 11.3. The van der Waals surface area contributed by atoms with Gasteiger partial charge in [0, 0.05) is 11.0 Å². The molecule has 0 spiro atoms. The van der Waals surface area contributed by atoms with Crippen molar-refractivity contribution in [2.24, 2.45) is 0 Å². The molecule has 5 heteroatoms. The smallest absolute Gasteiger partial charge is 0.162 e. The van der Waals surface area contributed by atoms with Gasteiger partial charge in [-0.1, -0.05) is 22.4 Å². The number of nitrogens with zero attached hydrogens (tertiary/aromatic N) is 1. The number of rotatable bonds is 3. The molecule has 4 nitrogen and oxygen atoms in total. The molecule has 1 aromatic rings. The van der Waals surface area contributed by atoms with E-state index in [0.717, 1.165) is 60.2 Å². The van der Waals surface area contributed by atoms with Crippen LogP contribution in [0.25, 0.3) is 0 Å². The summed E-state index contributed by atoms with van der Waals surface area (Å²) in [4.78, 5) is 13.4. The van der Waals surface area contributed by atoms with E-state index in [2.05, 4.69) is 20.8 Å². The van der Waals surface area contributed by atoms with Crippen LogP contribution in [0.5, 0.6) is 11.5 Å². The second-order valence-corrected chi connectivity index (χ2v) is 6.11. The molecule has 1 aromatic carbocycles. The van der Waals surface area contributed by atoms with Crippen molar-refractivity contribution in [3.05, 3.63) is 22.2 Å². The average Bonchev–Trinajstić information content (AvgIpc) is 2.48. The van der Waals surface area contributed by atoms with Crippen molar-refractivity contribution in [2.75, 3.05) is 19.8 Å². The van der Waals surface area contributed by atoms with Crippen molar-refractivity contribution in [3.8, 4) is 11.5 Å². The van der Waals surface area contributed by atoms with E-state index < -0.39 is 0 Å². The first-order valence-corrected chi connectivity index (χ1v) is 7.84. The lowest BCUT2D eigenvalue weighted by Gasteiger charge is -2.32. The SMILES string of the molecule is O=CC1CCCCN1Cc1cc2c(cc1Br)OCCO2. The molecule has 0 aliphatic carbocycles. The minimum Gasteiger partial charge on any atom is -0.486 e. The number of halogens is 1. The summed E-state index contributed by atoms with van der Waals surface area (Å²) in [6.45, 7) is 2.93. The highest BCUT2D eigenvalue weighted by molar-refractivity contribution is 9.10. The standard InChI is InChI=1S/C15H18BrNO3/c16-13-8-15-14(19-5-6-20-15)7-11(13)9-17-4-2-1-3-12(17)10-18/h7-8,10,12H,1-6,9H2. The molecule has 0 saturated carbocycles. The molecule has 3 rings (SSSR count). The summed E-state index contributed by atoms with van der Waals surface area (Å²) in [5.41, 5.74) is 1.14. The summed E-state index contributed by atoms with van der Waals surface area (Å²) in [7, 11) is 0. The molecule has 0 amide bonds. The number of hydrogen-bond donors (Lipinski definition) is 0. The fraction of sp³-hybridized carbons (Fsp3) is 0.533. The van der Waals surface area contributed by atoms with Crippen molar-refractivity contribution in [3.63, 3.8) is 0 Å². The van der Waals surface area contributed by atoms with Gasteiger partial charge in [-0.25, -0.2) is 0 Å². The molecule has 1 saturated heterocycles. The van der Waals surface area contributed by atoms with Gasteiger partial charge in [0.15, 0.2) is 11.5 Å². The molecule has 1 unspecified atom stereocenters. The fourth-order valence-corrected chi connectivity index (χ4v) is 3.26. The molecule has 1 fully saturated rings. The zero-order chi connectivity index (χ0) is 13.9. The van der Waals surface area contributed by atoms with E-state index in [4.69, 9.17) is 9.47 Å². The van der Waals surface area contributed by atoms with E-state index in [-0.39, 0.29) is 6.04 Å². The maximum atomic E-state index is 11.2. The first kappa shape index (κ1) is 13.9. The molecule has 0 bridgehead atoms. The number of likely N-dealkylation sites (tertiary alicyclic amines) is 1. The molecule has 1 atom stereocenters. The van der Waals surface area contributed by atoms with Crippen LogP contribution < -0.4 is 9.47 Å². The van der Waals surface area contributed by atoms with E-state index in [1.807, 2.05) is 12.1 Å². The molecule has 2 aliphatic heterocycles. The number of fused-ring (bicyclic) bond motifs is 1. The lowest BCUT2D eigenvalue weighted by atomic mass is 10.0. The van der Waals surface area contributed by atoms with Crippen LogP contribution in [0.4, 0.5) is 0 Å². The third-order valence-corrected chi connectivity index (χ3v) is 4.64. The molecule has 0 N–H and O–H groups in total. The van der Waals surface area contributed by atoms with Crippen LogP contribution in [0.2, 0.25) is 0 Å². The summed E-state index contributed by atoms with van der Waals surface area (Å²) in [6, 6.07) is 4.03. The van der Waals surface area contributed by atoms with Gasteiger partial charge in [0.1, 0.15) is 19.5 Å². The van der Waals surface area contributed by atoms with Crippen molar-refractivity contribution >= 4 is 22.2 Å². The van der Waals surface area contributed by atoms with Gasteiger partial charge < -0.3 is 14.3 Å². The van der Waals surface area contributed by atoms with Crippen molar-refractivity contribution in [2.45, 2.75) is 31.8 Å². The molecular weight excluding hydrogens is 322 g/mol. The number of benzene rings is 1. The Morgan fingerprint density at radius 1 is 1.25 bits per heavy atom. The number of ether oxygens (including phenoxy) is 2. The van der Waals surface area contributed by atoms with Crippen molar-refractivity contribution in [1.82, 2.24) is 4.90 Å². The Morgan fingerprint density at radius 2 is 2.00 bits per heavy atom. The Bertz CT molecular complexity index is 506. The van der Waals surface area contributed by atoms with Crippen molar-refractivity contribution < 1.29 is 14.3 Å². The largest absolute Gasteiger partial charge is 0.486 e. The average molecular weight is 340 g/mol. The highest BCUT2D eigenvalue weighted by Gasteiger charge is 2.23. The summed E-state index contributed by atoms with van der Waals surface area (Å²) in [5, 5.41) is 0. The van der Waals surface area contributed by atoms with Crippen molar-refractivity contribution in [1.29, 1.82) is 0 Å². The van der Waals surface area contributed by atoms with Crippen LogP contribution in [0, 0.1) is 0 Å². The van der Waals surface area contributed by atoms with Gasteiger partial charge in [-0.2, -0.15) is 0 Å². The van der Waals surface area contributed by atoms with E-state index >= 15 is 0 Å². The maximum absolute atomic E-state index is 11.2. The van der Waals surface area contributed by atoms with Crippen LogP contribution in [0.1, 0.15) is 24.8 Å². The maximum Gasteiger partial charge on any atom is 0.162 e. The Hall–Kier alpha value is -1.07. The summed E-state index contributed by atoms with van der Waals surface area (Å²) >= 11 is 3.59. The second-order valence-electron chi connectivity index (χ2n) is 5.26. The first-order chi connectivity index (χ1) is 9.78. The highest BCUT2D eigenvalue weighted by Crippen LogP contribution is 2.36. The third kappa shape index (κ3) is 2.83. The van der Waals surface area contributed by atoms with Gasteiger partial charge in [0.05, 0.1) is 6.04 Å². The quantitative estimate of drug-likeness (QED) is 0.794. The molecule has 0 radical (unpaired) electrons. The van der Waals surface area contributed by atoms with Gasteiger partial charge in [-0.05, 0) is 37.1 Å². The van der Waals surface area contributed by atoms with E-state index in [9.17, 15) is 4.79 Å². The lowest BCUT2D eigenvalue weighted by molar-refractivity contribution is -0.113. The molecule has 20 heavy (non-hydrogen) atoms. The van der Waals surface area contributed by atoms with E-state index in [1.54, 1.807) is 0 Å². The fourth-order valence-electron chi connectivity index (χ4n) is 2.81. The minimum atomic E-state index is 0.0452. The molecular formula is C15H18BrNO3. The van der Waals surface area contributed by atoms with Crippen LogP contribution in [0.15, 0.2) is 16.6 Å². The second kappa shape index (κ2) is 6.14. The van der Waals surface area contributed by atoms with Gasteiger partial charge in [-0.3, -0.25) is 4.90 Å². The third-order valence-electron chi connectivity index (χ3n) is 3.91. The highest BCUT2D eigenvalue weighted by atomic mass is 79.9. The summed E-state index contributed by atoms with van der Waals surface area (Å²) in [5.74, 6) is 1.59. The molecule has 2 heterocycles. The van der Waals surface area contributed by atoms with Gasteiger partial charge >= 0.3 is 0 Å². The number of piperidine rings is 1. The van der Waals surface area contributed by atoms with Crippen LogP contribution in [0.3, 0.4) is 0 Å². The Balaban J connectivity index is 1.81. The Labute approximate surface area is 127 Å². The van der Waals surface area contributed by atoms with Crippen LogP contribution >= 0.6 is 15.9 Å². The number of carbonyl (C=O) groups excluding carboxylic acids is 1. The summed E-state index contributed by atoms with van der Waals surface area (Å²) in [6.07, 6.45) is 4.34. The Morgan fingerprint density at radius 3 is 2.75 bits per heavy atom. The van der Waals surface area contributed by atoms with E-state index in [1.165, 1.54) is 0 Å². The summed E-state index contributed by atoms with van der Waals surface area (Å²) < 4.78 is 12.2. The monoisotopic (exact) mass is 339 g/mol. The van der Waals surface area contributed by atoms with Gasteiger partial charge in [0.25, 0.3) is 0 Å². The van der Waals surface area contributed by atoms with E-state index in [0.29, 0.717) is 13.2 Å². The lowest BCUT2D eigenvalue weighted by Crippen LogP contribution is -2.39. The van der Waals surface area contributed by atoms with Crippen LogP contribution in [-0.2, 0) is 11.3 Å². The van der Waals surface area contributed by atoms with Gasteiger partial charge in [-0.15, -0.1) is 0 Å². The predicted octanol–water partition coefficient (Wildman–Crippen LogP) is 2.77. The number of hydrogen-bond acceptors (Lipinski definition) is 4. The molecule has 2 aliphatic rings. The first-order valence-electron chi connectivity index (χ1n) is 7.05. The van der Waals surface area contributed by atoms with Gasteiger partial charge in [0.2, 0.25) is 0 Å². The number of aldehydes is 1. The number of carbonyl (C=O) groups is 1. The Kier molecular flexibility index (Phi) is 4.27. The topological polar surface area (TPSA) is 38.8 Å². The predicted molar refractivity (Wildman–Crippen MR) is 79.2 cm³/mol.